The van der Waals surface area contributed by atoms with Crippen molar-refractivity contribution in [1.82, 2.24) is 4.90 Å². The lowest BCUT2D eigenvalue weighted by molar-refractivity contribution is 0.100. The number of likely N-dealkylation sites (N-methyl/N-ethyl adjacent to an activating group) is 1. The molecule has 0 fully saturated rings. The van der Waals surface area contributed by atoms with Crippen LogP contribution in [0.25, 0.3) is 0 Å². The Labute approximate surface area is 153 Å². The molecule has 25 heavy (non-hydrogen) atoms. The lowest BCUT2D eigenvalue weighted by atomic mass is 9.87. The second-order valence-corrected chi connectivity index (χ2v) is 7.68. The molecule has 0 aliphatic heterocycles. The maximum absolute atomic E-state index is 12.7. The summed E-state index contributed by atoms with van der Waals surface area (Å²) < 4.78 is 0. The van der Waals surface area contributed by atoms with E-state index in [0.29, 0.717) is 5.56 Å². The van der Waals surface area contributed by atoms with E-state index in [1.54, 1.807) is 0 Å². The lowest BCUT2D eigenvalue weighted by Gasteiger charge is -2.23. The molecule has 0 radical (unpaired) electrons. The zero-order chi connectivity index (χ0) is 19.0. The van der Waals surface area contributed by atoms with Crippen LogP contribution in [0.1, 0.15) is 70.3 Å². The Hall–Kier alpha value is -1.90. The summed E-state index contributed by atoms with van der Waals surface area (Å²) >= 11 is 0. The Morgan fingerprint density at radius 2 is 1.92 bits per heavy atom. The van der Waals surface area contributed by atoms with Crippen LogP contribution in [0.2, 0.25) is 0 Å². The highest BCUT2D eigenvalue weighted by Gasteiger charge is 2.16. The third-order valence-electron chi connectivity index (χ3n) is 4.57. The van der Waals surface area contributed by atoms with Crippen LogP contribution in [0.5, 0.6) is 0 Å². The molecule has 0 spiro atoms. The second-order valence-electron chi connectivity index (χ2n) is 7.68. The number of hydrogen-bond donors (Lipinski definition) is 0. The van der Waals surface area contributed by atoms with Crippen LogP contribution in [0.4, 0.5) is 0 Å². The number of unbranched alkanes of at least 4 members (excludes halogenated alkanes) is 1. The van der Waals surface area contributed by atoms with Gasteiger partial charge in [0, 0.05) is 19.2 Å². The van der Waals surface area contributed by atoms with E-state index >= 15 is 0 Å². The van der Waals surface area contributed by atoms with E-state index in [4.69, 9.17) is 0 Å². The third kappa shape index (κ3) is 6.85. The van der Waals surface area contributed by atoms with E-state index in [0.717, 1.165) is 37.2 Å². The Morgan fingerprint density at radius 3 is 2.48 bits per heavy atom. The zero-order valence-corrected chi connectivity index (χ0v) is 17.0. The van der Waals surface area contributed by atoms with E-state index in [9.17, 15) is 4.79 Å². The fourth-order valence-corrected chi connectivity index (χ4v) is 2.24. The van der Waals surface area contributed by atoms with Crippen molar-refractivity contribution in [3.63, 3.8) is 0 Å². The molecule has 1 aromatic rings. The standard InChI is InChI=1S/C22H34N2O/c1-8-10-14-24(7)20(15-17(3)22(4,5)6)23-21(25)19-13-11-12-18(9-2)16-19/h11-13,15-16H,8-10,14H2,1-7H3/b17-15+,23-20+. The molecule has 1 amide bonds. The molecule has 3 heteroatoms. The van der Waals surface area contributed by atoms with Gasteiger partial charge >= 0.3 is 0 Å². The number of carbonyl (C=O) groups excluding carboxylic acids is 1. The fourth-order valence-electron chi connectivity index (χ4n) is 2.24. The Kier molecular flexibility index (Phi) is 8.08. The molecule has 0 aromatic heterocycles. The molecule has 0 aliphatic carbocycles. The van der Waals surface area contributed by atoms with Gasteiger partial charge in [-0.15, -0.1) is 0 Å². The minimum Gasteiger partial charge on any atom is -0.360 e. The molecular weight excluding hydrogens is 308 g/mol. The Balaban J connectivity index is 3.20. The summed E-state index contributed by atoms with van der Waals surface area (Å²) in [6, 6.07) is 7.75. The van der Waals surface area contributed by atoms with Gasteiger partial charge < -0.3 is 4.90 Å². The van der Waals surface area contributed by atoms with Crippen LogP contribution in [-0.4, -0.2) is 30.2 Å². The molecule has 0 saturated carbocycles. The van der Waals surface area contributed by atoms with Gasteiger partial charge in [-0.2, -0.15) is 4.99 Å². The average molecular weight is 343 g/mol. The number of carbonyl (C=O) groups is 1. The summed E-state index contributed by atoms with van der Waals surface area (Å²) in [4.78, 5) is 19.2. The lowest BCUT2D eigenvalue weighted by Crippen LogP contribution is -2.28. The molecular formula is C22H34N2O. The monoisotopic (exact) mass is 342 g/mol. The SMILES string of the molecule is CCCCN(C)C(/C=C(\C)C(C)(C)C)=N/C(=O)c1cccc(CC)c1. The summed E-state index contributed by atoms with van der Waals surface area (Å²) in [5, 5.41) is 0. The first-order chi connectivity index (χ1) is 11.7. The van der Waals surface area contributed by atoms with Gasteiger partial charge in [-0.1, -0.05) is 58.7 Å². The molecule has 0 heterocycles. The van der Waals surface area contributed by atoms with E-state index in [1.807, 2.05) is 31.3 Å². The van der Waals surface area contributed by atoms with Crippen molar-refractivity contribution in [2.45, 2.75) is 60.8 Å². The largest absolute Gasteiger partial charge is 0.360 e. The predicted octanol–water partition coefficient (Wildman–Crippen LogP) is 5.51. The summed E-state index contributed by atoms with van der Waals surface area (Å²) in [6.45, 7) is 13.8. The van der Waals surface area contributed by atoms with Crippen molar-refractivity contribution in [1.29, 1.82) is 0 Å². The number of amides is 1. The quantitative estimate of drug-likeness (QED) is 0.504. The van der Waals surface area contributed by atoms with Crippen LogP contribution in [0.15, 0.2) is 40.9 Å². The van der Waals surface area contributed by atoms with Gasteiger partial charge in [0.05, 0.1) is 0 Å². The van der Waals surface area contributed by atoms with E-state index < -0.39 is 0 Å². The first-order valence-electron chi connectivity index (χ1n) is 9.30. The van der Waals surface area contributed by atoms with Crippen LogP contribution in [0, 0.1) is 5.41 Å². The van der Waals surface area contributed by atoms with Crippen molar-refractivity contribution < 1.29 is 4.79 Å². The maximum atomic E-state index is 12.7. The number of nitrogens with zero attached hydrogens (tertiary/aromatic N) is 2. The summed E-state index contributed by atoms with van der Waals surface area (Å²) in [5.41, 5.74) is 3.08. The van der Waals surface area contributed by atoms with Gasteiger partial charge in [-0.05, 0) is 49.0 Å². The van der Waals surface area contributed by atoms with E-state index in [-0.39, 0.29) is 11.3 Å². The van der Waals surface area contributed by atoms with Gasteiger partial charge in [0.15, 0.2) is 0 Å². The number of amidine groups is 1. The van der Waals surface area contributed by atoms with Crippen LogP contribution >= 0.6 is 0 Å². The summed E-state index contributed by atoms with van der Waals surface area (Å²) in [7, 11) is 2.01. The topological polar surface area (TPSA) is 32.7 Å². The first-order valence-corrected chi connectivity index (χ1v) is 9.30. The molecule has 0 N–H and O–H groups in total. The van der Waals surface area contributed by atoms with Gasteiger partial charge in [-0.25, -0.2) is 0 Å². The minimum atomic E-state index is -0.174. The normalized spacial score (nSPS) is 13.1. The number of allylic oxidation sites excluding steroid dienone is 1. The van der Waals surface area contributed by atoms with E-state index in [2.05, 4.69) is 57.5 Å². The molecule has 0 bridgehead atoms. The number of aliphatic imine (C=N–C) groups is 1. The van der Waals surface area contributed by atoms with Crippen molar-refractivity contribution in [2.75, 3.05) is 13.6 Å². The predicted molar refractivity (Wildman–Crippen MR) is 108 cm³/mol. The van der Waals surface area contributed by atoms with Crippen molar-refractivity contribution in [3.8, 4) is 0 Å². The number of benzene rings is 1. The van der Waals surface area contributed by atoms with Gasteiger partial charge in [-0.3, -0.25) is 4.79 Å². The number of hydrogen-bond acceptors (Lipinski definition) is 1. The van der Waals surface area contributed by atoms with Crippen molar-refractivity contribution in [2.24, 2.45) is 10.4 Å². The number of aryl methyl sites for hydroxylation is 1. The summed E-state index contributed by atoms with van der Waals surface area (Å²) in [6.07, 6.45) is 5.16. The van der Waals surface area contributed by atoms with Crippen molar-refractivity contribution in [3.05, 3.63) is 47.0 Å². The van der Waals surface area contributed by atoms with Crippen molar-refractivity contribution >= 4 is 11.7 Å². The molecule has 1 rings (SSSR count). The maximum Gasteiger partial charge on any atom is 0.278 e. The van der Waals surface area contributed by atoms with Crippen LogP contribution in [0.3, 0.4) is 0 Å². The molecule has 1 aromatic carbocycles. The minimum absolute atomic E-state index is 0.0531. The molecule has 0 saturated heterocycles. The van der Waals surface area contributed by atoms with Crippen LogP contribution in [-0.2, 0) is 6.42 Å². The highest BCUT2D eigenvalue weighted by atomic mass is 16.1. The van der Waals surface area contributed by atoms with Gasteiger partial charge in [0.1, 0.15) is 5.84 Å². The highest BCUT2D eigenvalue weighted by molar-refractivity contribution is 6.07. The second kappa shape index (κ2) is 9.55. The van der Waals surface area contributed by atoms with E-state index in [1.165, 1.54) is 5.57 Å². The number of rotatable bonds is 6. The fraction of sp³-hybridized carbons (Fsp3) is 0.545. The molecule has 3 nitrogen and oxygen atoms in total. The molecule has 0 aliphatic rings. The molecule has 0 atom stereocenters. The zero-order valence-electron chi connectivity index (χ0n) is 17.0. The van der Waals surface area contributed by atoms with Gasteiger partial charge in [0.2, 0.25) is 0 Å². The third-order valence-corrected chi connectivity index (χ3v) is 4.57. The highest BCUT2D eigenvalue weighted by Crippen LogP contribution is 2.24. The average Bonchev–Trinajstić information content (AvgIpc) is 2.57. The molecule has 138 valence electrons. The Bertz CT molecular complexity index is 636. The first kappa shape index (κ1) is 21.1. The van der Waals surface area contributed by atoms with Crippen LogP contribution < -0.4 is 0 Å². The summed E-state index contributed by atoms with van der Waals surface area (Å²) in [5.74, 6) is 0.569. The Morgan fingerprint density at radius 1 is 1.24 bits per heavy atom. The smallest absolute Gasteiger partial charge is 0.278 e. The van der Waals surface area contributed by atoms with Gasteiger partial charge in [0.25, 0.3) is 5.91 Å². The molecule has 0 unspecified atom stereocenters.